The Bertz CT molecular complexity index is 561. The Morgan fingerprint density at radius 3 is 2.61 bits per heavy atom. The number of thiophene rings is 1. The lowest BCUT2D eigenvalue weighted by Gasteiger charge is -2.01. The summed E-state index contributed by atoms with van der Waals surface area (Å²) in [6, 6.07) is 11.3. The third-order valence-electron chi connectivity index (χ3n) is 2.31. The van der Waals surface area contributed by atoms with Crippen LogP contribution in [0.15, 0.2) is 46.9 Å². The number of halogens is 1. The van der Waals surface area contributed by atoms with Gasteiger partial charge in [-0.2, -0.15) is 5.10 Å². The molecule has 2 rings (SSSR count). The molecule has 2 aromatic rings. The maximum Gasteiger partial charge on any atom is 0.271 e. The van der Waals surface area contributed by atoms with Crippen LogP contribution in [-0.4, -0.2) is 11.6 Å². The summed E-state index contributed by atoms with van der Waals surface area (Å²) in [5, 5.41) is 6.07. The Labute approximate surface area is 123 Å². The minimum atomic E-state index is -0.192. The van der Waals surface area contributed by atoms with Crippen LogP contribution in [-0.2, 0) is 0 Å². The van der Waals surface area contributed by atoms with Gasteiger partial charge in [0.25, 0.3) is 5.91 Å². The second kappa shape index (κ2) is 6.10. The van der Waals surface area contributed by atoms with E-state index in [1.54, 1.807) is 23.5 Å². The topological polar surface area (TPSA) is 41.5 Å². The number of carbonyl (C=O) groups is 1. The van der Waals surface area contributed by atoms with Crippen molar-refractivity contribution in [2.45, 2.75) is 6.92 Å². The van der Waals surface area contributed by atoms with Gasteiger partial charge in [0, 0.05) is 14.0 Å². The lowest BCUT2D eigenvalue weighted by molar-refractivity contribution is 0.0955. The van der Waals surface area contributed by atoms with Gasteiger partial charge in [0.2, 0.25) is 0 Å². The van der Waals surface area contributed by atoms with E-state index in [1.807, 2.05) is 36.6 Å². The van der Waals surface area contributed by atoms with E-state index in [4.69, 9.17) is 0 Å². The van der Waals surface area contributed by atoms with E-state index >= 15 is 0 Å². The number of hydrogen-bond donors (Lipinski definition) is 1. The molecule has 0 saturated carbocycles. The Morgan fingerprint density at radius 1 is 1.28 bits per heavy atom. The molecular formula is C13H11IN2OS. The van der Waals surface area contributed by atoms with Crippen LogP contribution < -0.4 is 5.43 Å². The molecule has 18 heavy (non-hydrogen) atoms. The molecule has 0 radical (unpaired) electrons. The standard InChI is InChI=1S/C13H11IN2OS/c1-9(12-3-2-8-18-12)15-16-13(17)10-4-6-11(14)7-5-10/h2-8H,1H3,(H,16,17)/b15-9-. The van der Waals surface area contributed by atoms with E-state index in [0.717, 1.165) is 14.2 Å². The van der Waals surface area contributed by atoms with E-state index in [-0.39, 0.29) is 5.91 Å². The van der Waals surface area contributed by atoms with Crippen molar-refractivity contribution in [1.29, 1.82) is 0 Å². The summed E-state index contributed by atoms with van der Waals surface area (Å²) in [6.07, 6.45) is 0. The summed E-state index contributed by atoms with van der Waals surface area (Å²) in [5.41, 5.74) is 3.98. The van der Waals surface area contributed by atoms with Gasteiger partial charge in [-0.25, -0.2) is 5.43 Å². The molecule has 0 unspecified atom stereocenters. The number of hydrazone groups is 1. The SMILES string of the molecule is C/C(=N/NC(=O)c1ccc(I)cc1)c1cccs1. The highest BCUT2D eigenvalue weighted by molar-refractivity contribution is 14.1. The van der Waals surface area contributed by atoms with Crippen LogP contribution in [0.4, 0.5) is 0 Å². The summed E-state index contributed by atoms with van der Waals surface area (Å²) < 4.78 is 1.10. The average Bonchev–Trinajstić information content (AvgIpc) is 2.90. The fourth-order valence-electron chi connectivity index (χ4n) is 1.34. The van der Waals surface area contributed by atoms with E-state index in [2.05, 4.69) is 33.1 Å². The first-order valence-electron chi connectivity index (χ1n) is 5.31. The van der Waals surface area contributed by atoms with Crippen molar-refractivity contribution < 1.29 is 4.79 Å². The molecule has 0 saturated heterocycles. The molecule has 1 N–H and O–H groups in total. The number of benzene rings is 1. The fraction of sp³-hybridized carbons (Fsp3) is 0.0769. The van der Waals surface area contributed by atoms with Crippen LogP contribution in [0.25, 0.3) is 0 Å². The smallest absolute Gasteiger partial charge is 0.267 e. The minimum Gasteiger partial charge on any atom is -0.267 e. The summed E-state index contributed by atoms with van der Waals surface area (Å²) in [6.45, 7) is 1.88. The van der Waals surface area contributed by atoms with Crippen molar-refractivity contribution in [3.05, 3.63) is 55.8 Å². The van der Waals surface area contributed by atoms with E-state index in [1.165, 1.54) is 0 Å². The molecule has 3 nitrogen and oxygen atoms in total. The monoisotopic (exact) mass is 370 g/mol. The lowest BCUT2D eigenvalue weighted by Crippen LogP contribution is -2.19. The zero-order valence-electron chi connectivity index (χ0n) is 9.68. The molecule has 0 bridgehead atoms. The Kier molecular flexibility index (Phi) is 4.48. The quantitative estimate of drug-likeness (QED) is 0.502. The van der Waals surface area contributed by atoms with Gasteiger partial charge in [0.15, 0.2) is 0 Å². The molecule has 0 spiro atoms. The van der Waals surface area contributed by atoms with Crippen LogP contribution in [0.5, 0.6) is 0 Å². The number of nitrogens with zero attached hydrogens (tertiary/aromatic N) is 1. The van der Waals surface area contributed by atoms with Crippen molar-refractivity contribution in [3.8, 4) is 0 Å². The molecule has 0 aliphatic heterocycles. The molecule has 0 aliphatic carbocycles. The van der Waals surface area contributed by atoms with Gasteiger partial charge >= 0.3 is 0 Å². The van der Waals surface area contributed by atoms with Crippen LogP contribution in [0.2, 0.25) is 0 Å². The molecule has 0 fully saturated rings. The predicted octanol–water partition coefficient (Wildman–Crippen LogP) is 3.51. The van der Waals surface area contributed by atoms with Crippen LogP contribution in [0.3, 0.4) is 0 Å². The van der Waals surface area contributed by atoms with Crippen molar-refractivity contribution in [3.63, 3.8) is 0 Å². The molecule has 92 valence electrons. The lowest BCUT2D eigenvalue weighted by atomic mass is 10.2. The second-order valence-corrected chi connectivity index (χ2v) is 5.82. The average molecular weight is 370 g/mol. The van der Waals surface area contributed by atoms with Gasteiger partial charge in [-0.3, -0.25) is 4.79 Å². The number of hydrogen-bond acceptors (Lipinski definition) is 3. The Hall–Kier alpha value is -1.21. The van der Waals surface area contributed by atoms with Gasteiger partial charge in [-0.1, -0.05) is 6.07 Å². The fourth-order valence-corrected chi connectivity index (χ4v) is 2.38. The Morgan fingerprint density at radius 2 is 2.00 bits per heavy atom. The van der Waals surface area contributed by atoms with Gasteiger partial charge in [0.1, 0.15) is 0 Å². The first-order valence-corrected chi connectivity index (χ1v) is 7.27. The van der Waals surface area contributed by atoms with Crippen LogP contribution in [0.1, 0.15) is 22.2 Å². The minimum absolute atomic E-state index is 0.192. The first kappa shape index (κ1) is 13.2. The first-order chi connectivity index (χ1) is 8.66. The van der Waals surface area contributed by atoms with Crippen molar-refractivity contribution >= 4 is 45.5 Å². The third kappa shape index (κ3) is 3.39. The number of nitrogens with one attached hydrogen (secondary N) is 1. The van der Waals surface area contributed by atoms with Crippen LogP contribution in [0, 0.1) is 3.57 Å². The summed E-state index contributed by atoms with van der Waals surface area (Å²) in [4.78, 5) is 12.9. The zero-order chi connectivity index (χ0) is 13.0. The van der Waals surface area contributed by atoms with E-state index in [9.17, 15) is 4.79 Å². The summed E-state index contributed by atoms with van der Waals surface area (Å²) in [7, 11) is 0. The molecular weight excluding hydrogens is 359 g/mol. The van der Waals surface area contributed by atoms with Gasteiger partial charge < -0.3 is 0 Å². The van der Waals surface area contributed by atoms with Crippen molar-refractivity contribution in [1.82, 2.24) is 5.43 Å². The summed E-state index contributed by atoms with van der Waals surface area (Å²) in [5.74, 6) is -0.192. The molecule has 5 heteroatoms. The molecule has 1 aromatic heterocycles. The van der Waals surface area contributed by atoms with Gasteiger partial charge in [-0.05, 0) is 65.2 Å². The van der Waals surface area contributed by atoms with Crippen molar-refractivity contribution in [2.75, 3.05) is 0 Å². The van der Waals surface area contributed by atoms with E-state index in [0.29, 0.717) is 5.56 Å². The summed E-state index contributed by atoms with van der Waals surface area (Å²) >= 11 is 3.80. The molecule has 1 amide bonds. The van der Waals surface area contributed by atoms with Gasteiger partial charge in [-0.15, -0.1) is 11.3 Å². The second-order valence-electron chi connectivity index (χ2n) is 3.62. The third-order valence-corrected chi connectivity index (χ3v) is 4.01. The van der Waals surface area contributed by atoms with Crippen LogP contribution >= 0.6 is 33.9 Å². The molecule has 1 aromatic carbocycles. The number of carbonyl (C=O) groups excluding carboxylic acids is 1. The van der Waals surface area contributed by atoms with Gasteiger partial charge in [0.05, 0.1) is 5.71 Å². The molecule has 0 aliphatic rings. The predicted molar refractivity (Wildman–Crippen MR) is 83.2 cm³/mol. The number of amides is 1. The highest BCUT2D eigenvalue weighted by Gasteiger charge is 2.04. The molecule has 0 atom stereocenters. The normalized spacial score (nSPS) is 11.3. The number of rotatable bonds is 3. The molecule has 1 heterocycles. The largest absolute Gasteiger partial charge is 0.271 e. The van der Waals surface area contributed by atoms with E-state index < -0.39 is 0 Å². The Balaban J connectivity index is 2.04. The maximum atomic E-state index is 11.8. The highest BCUT2D eigenvalue weighted by atomic mass is 127. The zero-order valence-corrected chi connectivity index (χ0v) is 12.7. The highest BCUT2D eigenvalue weighted by Crippen LogP contribution is 2.10. The van der Waals surface area contributed by atoms with Crippen molar-refractivity contribution in [2.24, 2.45) is 5.10 Å². The maximum absolute atomic E-state index is 11.8.